The number of carbonyl (C=O) groups excluding carboxylic acids is 1. The Balaban J connectivity index is 1.89. The molecule has 0 unspecified atom stereocenters. The molecular formula is C12H9Cl2NO2S. The quantitative estimate of drug-likeness (QED) is 0.636. The molecule has 6 heteroatoms. The van der Waals surface area contributed by atoms with Crippen molar-refractivity contribution in [2.45, 2.75) is 6.42 Å². The van der Waals surface area contributed by atoms with Crippen molar-refractivity contribution in [2.75, 3.05) is 6.61 Å². The van der Waals surface area contributed by atoms with E-state index in [-0.39, 0.29) is 10.2 Å². The predicted octanol–water partition coefficient (Wildman–Crippen LogP) is 3.85. The average Bonchev–Trinajstić information content (AvgIpc) is 2.85. The summed E-state index contributed by atoms with van der Waals surface area (Å²) >= 11 is 13.1. The van der Waals surface area contributed by atoms with Gasteiger partial charge in [0, 0.05) is 17.5 Å². The molecule has 0 bridgehead atoms. The van der Waals surface area contributed by atoms with Crippen LogP contribution in [0.2, 0.25) is 10.2 Å². The Hall–Kier alpha value is -1.10. The number of halogens is 2. The topological polar surface area (TPSA) is 39.2 Å². The lowest BCUT2D eigenvalue weighted by Crippen LogP contribution is -2.08. The number of aromatic nitrogens is 1. The second-order valence-electron chi connectivity index (χ2n) is 3.46. The van der Waals surface area contributed by atoms with Crippen LogP contribution in [-0.2, 0) is 11.2 Å². The fraction of sp³-hybridized carbons (Fsp3) is 0.167. The molecule has 0 aromatic carbocycles. The van der Waals surface area contributed by atoms with Crippen LogP contribution in [0.3, 0.4) is 0 Å². The molecule has 0 aliphatic carbocycles. The van der Waals surface area contributed by atoms with Gasteiger partial charge >= 0.3 is 5.97 Å². The van der Waals surface area contributed by atoms with E-state index in [4.69, 9.17) is 27.9 Å². The van der Waals surface area contributed by atoms with Crippen LogP contribution in [0.1, 0.15) is 15.2 Å². The van der Waals surface area contributed by atoms with Crippen LogP contribution in [-0.4, -0.2) is 17.6 Å². The number of hydrogen-bond donors (Lipinski definition) is 0. The van der Waals surface area contributed by atoms with Crippen LogP contribution in [0.15, 0.2) is 29.8 Å². The maximum Gasteiger partial charge on any atom is 0.339 e. The van der Waals surface area contributed by atoms with Crippen molar-refractivity contribution in [1.82, 2.24) is 4.98 Å². The molecule has 0 N–H and O–H groups in total. The predicted molar refractivity (Wildman–Crippen MR) is 72.6 cm³/mol. The van der Waals surface area contributed by atoms with Crippen LogP contribution in [0.25, 0.3) is 0 Å². The van der Waals surface area contributed by atoms with Crippen molar-refractivity contribution in [3.8, 4) is 0 Å². The van der Waals surface area contributed by atoms with Gasteiger partial charge in [0.15, 0.2) is 0 Å². The van der Waals surface area contributed by atoms with Crippen molar-refractivity contribution in [2.24, 2.45) is 0 Å². The molecule has 2 aromatic rings. The number of esters is 1. The van der Waals surface area contributed by atoms with Gasteiger partial charge in [-0.05, 0) is 17.5 Å². The molecule has 0 atom stereocenters. The minimum atomic E-state index is -0.447. The monoisotopic (exact) mass is 301 g/mol. The number of carbonyl (C=O) groups is 1. The Kier molecular flexibility index (Phi) is 4.58. The smallest absolute Gasteiger partial charge is 0.339 e. The molecule has 0 aliphatic rings. The Morgan fingerprint density at radius 1 is 1.44 bits per heavy atom. The van der Waals surface area contributed by atoms with Crippen LogP contribution < -0.4 is 0 Å². The Bertz CT molecular complexity index is 543. The van der Waals surface area contributed by atoms with Crippen molar-refractivity contribution >= 4 is 40.5 Å². The number of nitrogens with zero attached hydrogens (tertiary/aromatic N) is 1. The lowest BCUT2D eigenvalue weighted by Gasteiger charge is -2.04. The average molecular weight is 302 g/mol. The van der Waals surface area contributed by atoms with Gasteiger partial charge in [0.25, 0.3) is 0 Å². The zero-order valence-electron chi connectivity index (χ0n) is 9.23. The maximum atomic E-state index is 11.7. The number of thiophene rings is 1. The second-order valence-corrected chi connectivity index (χ2v) is 5.26. The van der Waals surface area contributed by atoms with E-state index in [9.17, 15) is 4.79 Å². The molecule has 3 nitrogen and oxygen atoms in total. The van der Waals surface area contributed by atoms with Crippen LogP contribution in [0.4, 0.5) is 0 Å². The fourth-order valence-electron chi connectivity index (χ4n) is 1.32. The van der Waals surface area contributed by atoms with E-state index in [0.29, 0.717) is 18.6 Å². The van der Waals surface area contributed by atoms with E-state index >= 15 is 0 Å². The zero-order valence-corrected chi connectivity index (χ0v) is 11.6. The van der Waals surface area contributed by atoms with E-state index in [2.05, 4.69) is 4.98 Å². The minimum Gasteiger partial charge on any atom is -0.462 e. The van der Waals surface area contributed by atoms with Gasteiger partial charge in [-0.15, -0.1) is 11.3 Å². The summed E-state index contributed by atoms with van der Waals surface area (Å²) in [6, 6.07) is 5.41. The zero-order chi connectivity index (χ0) is 13.0. The van der Waals surface area contributed by atoms with Crippen LogP contribution in [0, 0.1) is 0 Å². The van der Waals surface area contributed by atoms with E-state index in [0.717, 1.165) is 0 Å². The molecule has 18 heavy (non-hydrogen) atoms. The first-order chi connectivity index (χ1) is 8.66. The summed E-state index contributed by atoms with van der Waals surface area (Å²) in [5, 5.41) is 2.40. The first-order valence-electron chi connectivity index (χ1n) is 5.17. The SMILES string of the molecule is O=C(OCCc1cccs1)c1cnc(Cl)c(Cl)c1. The third kappa shape index (κ3) is 3.45. The van der Waals surface area contributed by atoms with Gasteiger partial charge in [-0.3, -0.25) is 0 Å². The van der Waals surface area contributed by atoms with Crippen molar-refractivity contribution in [3.05, 3.63) is 50.4 Å². The van der Waals surface area contributed by atoms with Gasteiger partial charge in [0.05, 0.1) is 17.2 Å². The molecule has 2 heterocycles. The van der Waals surface area contributed by atoms with Gasteiger partial charge in [0.1, 0.15) is 5.15 Å². The van der Waals surface area contributed by atoms with Crippen molar-refractivity contribution in [1.29, 1.82) is 0 Å². The van der Waals surface area contributed by atoms with E-state index in [1.54, 1.807) is 11.3 Å². The standard InChI is InChI=1S/C12H9Cl2NO2S/c13-10-6-8(7-15-11(10)14)12(16)17-4-3-9-2-1-5-18-9/h1-2,5-7H,3-4H2. The normalized spacial score (nSPS) is 10.3. The molecular weight excluding hydrogens is 293 g/mol. The molecule has 2 rings (SSSR count). The molecule has 0 spiro atoms. The summed E-state index contributed by atoms with van der Waals surface area (Å²) in [4.78, 5) is 16.6. The summed E-state index contributed by atoms with van der Waals surface area (Å²) in [6.07, 6.45) is 2.06. The first-order valence-corrected chi connectivity index (χ1v) is 6.81. The summed E-state index contributed by atoms with van der Waals surface area (Å²) in [6.45, 7) is 0.333. The highest BCUT2D eigenvalue weighted by Gasteiger charge is 2.10. The van der Waals surface area contributed by atoms with Crippen LogP contribution >= 0.6 is 34.5 Å². The second kappa shape index (κ2) is 6.18. The van der Waals surface area contributed by atoms with E-state index < -0.39 is 5.97 Å². The van der Waals surface area contributed by atoms with Gasteiger partial charge in [-0.1, -0.05) is 29.3 Å². The highest BCUT2D eigenvalue weighted by Crippen LogP contribution is 2.20. The summed E-state index contributed by atoms with van der Waals surface area (Å²) in [5.41, 5.74) is 0.301. The van der Waals surface area contributed by atoms with Crippen molar-refractivity contribution in [3.63, 3.8) is 0 Å². The fourth-order valence-corrected chi connectivity index (χ4v) is 2.28. The minimum absolute atomic E-state index is 0.173. The van der Waals surface area contributed by atoms with Gasteiger partial charge in [0.2, 0.25) is 0 Å². The Morgan fingerprint density at radius 3 is 2.94 bits per heavy atom. The number of pyridine rings is 1. The molecule has 0 amide bonds. The van der Waals surface area contributed by atoms with Crippen molar-refractivity contribution < 1.29 is 9.53 Å². The molecule has 0 aliphatic heterocycles. The van der Waals surface area contributed by atoms with Gasteiger partial charge in [-0.25, -0.2) is 9.78 Å². The first kappa shape index (κ1) is 13.3. The van der Waals surface area contributed by atoms with Gasteiger partial charge in [-0.2, -0.15) is 0 Å². The summed E-state index contributed by atoms with van der Waals surface area (Å²) < 4.78 is 5.12. The highest BCUT2D eigenvalue weighted by molar-refractivity contribution is 7.09. The van der Waals surface area contributed by atoms with E-state index in [1.165, 1.54) is 17.1 Å². The number of rotatable bonds is 4. The third-order valence-corrected chi connectivity index (χ3v) is 3.82. The summed E-state index contributed by atoms with van der Waals surface area (Å²) in [7, 11) is 0. The number of hydrogen-bond acceptors (Lipinski definition) is 4. The largest absolute Gasteiger partial charge is 0.462 e. The third-order valence-electron chi connectivity index (χ3n) is 2.19. The molecule has 0 saturated carbocycles. The Morgan fingerprint density at radius 2 is 2.28 bits per heavy atom. The van der Waals surface area contributed by atoms with E-state index in [1.807, 2.05) is 17.5 Å². The maximum absolute atomic E-state index is 11.7. The summed E-state index contributed by atoms with van der Waals surface area (Å²) in [5.74, 6) is -0.447. The molecule has 0 saturated heterocycles. The molecule has 0 fully saturated rings. The van der Waals surface area contributed by atoms with Gasteiger partial charge < -0.3 is 4.74 Å². The Labute approximate surface area is 118 Å². The number of ether oxygens (including phenoxy) is 1. The molecule has 94 valence electrons. The molecule has 0 radical (unpaired) electrons. The van der Waals surface area contributed by atoms with Crippen LogP contribution in [0.5, 0.6) is 0 Å². The highest BCUT2D eigenvalue weighted by atomic mass is 35.5. The lowest BCUT2D eigenvalue weighted by atomic mass is 10.3. The lowest BCUT2D eigenvalue weighted by molar-refractivity contribution is 0.0509. The molecule has 2 aromatic heterocycles.